The molecule has 222 valence electrons. The van der Waals surface area contributed by atoms with Gasteiger partial charge in [-0.3, -0.25) is 14.4 Å². The number of ether oxygens (including phenoxy) is 1. The van der Waals surface area contributed by atoms with Crippen LogP contribution in [0, 0.1) is 0 Å². The Morgan fingerprint density at radius 1 is 0.930 bits per heavy atom. The molecule has 4 aromatic rings. The summed E-state index contributed by atoms with van der Waals surface area (Å²) in [5.74, 6) is 0.342. The van der Waals surface area contributed by atoms with E-state index in [9.17, 15) is 14.4 Å². The Balaban J connectivity index is 1.39. The van der Waals surface area contributed by atoms with Gasteiger partial charge in [0.15, 0.2) is 0 Å². The number of rotatable bonds is 13. The van der Waals surface area contributed by atoms with Crippen molar-refractivity contribution in [3.05, 3.63) is 108 Å². The van der Waals surface area contributed by atoms with Crippen molar-refractivity contribution in [2.45, 2.75) is 58.2 Å². The van der Waals surface area contributed by atoms with Crippen LogP contribution in [-0.2, 0) is 22.6 Å². The van der Waals surface area contributed by atoms with Crippen LogP contribution in [0.4, 0.5) is 5.69 Å². The molecule has 0 aromatic heterocycles. The number of amides is 3. The third-order valence-corrected chi connectivity index (χ3v) is 8.18. The SMILES string of the molecule is CC[C@H](C)NC(=O)[C@H](Cc1ccccc1)N(Cc1cccc(OC)c1)C(=O)CCCN1C(=O)c2cccc3cccc1c23. The summed E-state index contributed by atoms with van der Waals surface area (Å²) in [6.45, 7) is 4.66. The Kier molecular flexibility index (Phi) is 9.40. The van der Waals surface area contributed by atoms with Crippen molar-refractivity contribution < 1.29 is 19.1 Å². The standard InChI is InChI=1S/C36H39N3O4/c1-4-25(2)37-35(41)32(23-26-12-6-5-7-13-26)39(24-27-14-8-17-29(22-27)43-3)33(40)20-11-21-38-31-19-10-16-28-15-9-18-30(34(28)31)36(38)42/h5-10,12-19,22,25,32H,4,11,20-21,23-24H2,1-3H3,(H,37,41)/t25-,32-/m0/s1. The summed E-state index contributed by atoms with van der Waals surface area (Å²) < 4.78 is 5.43. The van der Waals surface area contributed by atoms with Crippen LogP contribution in [0.25, 0.3) is 10.8 Å². The highest BCUT2D eigenvalue weighted by Crippen LogP contribution is 2.37. The first-order valence-corrected chi connectivity index (χ1v) is 15.0. The number of nitrogens with zero attached hydrogens (tertiary/aromatic N) is 2. The summed E-state index contributed by atoms with van der Waals surface area (Å²) in [6, 6.07) is 28.3. The van der Waals surface area contributed by atoms with Gasteiger partial charge in [-0.25, -0.2) is 0 Å². The second-order valence-corrected chi connectivity index (χ2v) is 11.1. The number of nitrogens with one attached hydrogen (secondary N) is 1. The maximum absolute atomic E-state index is 14.1. The molecule has 7 nitrogen and oxygen atoms in total. The minimum absolute atomic E-state index is 0.0231. The van der Waals surface area contributed by atoms with Gasteiger partial charge in [0.1, 0.15) is 11.8 Å². The zero-order chi connectivity index (χ0) is 30.3. The zero-order valence-electron chi connectivity index (χ0n) is 25.1. The van der Waals surface area contributed by atoms with Gasteiger partial charge in [-0.2, -0.15) is 0 Å². The first kappa shape index (κ1) is 29.8. The Labute approximate surface area is 253 Å². The van der Waals surface area contributed by atoms with Gasteiger partial charge in [0.25, 0.3) is 5.91 Å². The van der Waals surface area contributed by atoms with Crippen LogP contribution in [0.2, 0.25) is 0 Å². The molecule has 43 heavy (non-hydrogen) atoms. The zero-order valence-corrected chi connectivity index (χ0v) is 25.1. The molecule has 0 fully saturated rings. The molecule has 2 atom stereocenters. The number of hydrogen-bond donors (Lipinski definition) is 1. The van der Waals surface area contributed by atoms with Gasteiger partial charge in [-0.1, -0.05) is 73.7 Å². The van der Waals surface area contributed by atoms with Gasteiger partial charge >= 0.3 is 0 Å². The molecule has 3 amide bonds. The van der Waals surface area contributed by atoms with E-state index in [4.69, 9.17) is 4.74 Å². The fourth-order valence-electron chi connectivity index (χ4n) is 5.70. The predicted octanol–water partition coefficient (Wildman–Crippen LogP) is 6.14. The van der Waals surface area contributed by atoms with Crippen molar-refractivity contribution in [3.8, 4) is 5.75 Å². The molecule has 0 radical (unpaired) electrons. The summed E-state index contributed by atoms with van der Waals surface area (Å²) in [4.78, 5) is 44.6. The molecule has 5 rings (SSSR count). The Morgan fingerprint density at radius 2 is 1.65 bits per heavy atom. The Morgan fingerprint density at radius 3 is 2.40 bits per heavy atom. The lowest BCUT2D eigenvalue weighted by atomic mass is 10.0. The van der Waals surface area contributed by atoms with E-state index in [1.165, 1.54) is 0 Å². The monoisotopic (exact) mass is 577 g/mol. The fraction of sp³-hybridized carbons (Fsp3) is 0.306. The number of carbonyl (C=O) groups is 3. The molecular formula is C36H39N3O4. The lowest BCUT2D eigenvalue weighted by Gasteiger charge is -2.32. The molecule has 0 aliphatic carbocycles. The van der Waals surface area contributed by atoms with E-state index >= 15 is 0 Å². The molecule has 0 bridgehead atoms. The molecule has 4 aromatic carbocycles. The summed E-state index contributed by atoms with van der Waals surface area (Å²) >= 11 is 0. The van der Waals surface area contributed by atoms with Crippen molar-refractivity contribution >= 4 is 34.2 Å². The third-order valence-electron chi connectivity index (χ3n) is 8.18. The highest BCUT2D eigenvalue weighted by atomic mass is 16.5. The molecule has 7 heteroatoms. The van der Waals surface area contributed by atoms with Gasteiger partial charge in [-0.05, 0) is 60.5 Å². The van der Waals surface area contributed by atoms with E-state index in [0.29, 0.717) is 30.7 Å². The summed E-state index contributed by atoms with van der Waals surface area (Å²) in [6.07, 6.45) is 1.84. The average molecular weight is 578 g/mol. The molecule has 1 N–H and O–H groups in total. The van der Waals surface area contributed by atoms with Crippen molar-refractivity contribution in [1.82, 2.24) is 10.2 Å². The van der Waals surface area contributed by atoms with Crippen molar-refractivity contribution in [1.29, 1.82) is 0 Å². The van der Waals surface area contributed by atoms with Crippen LogP contribution in [0.15, 0.2) is 91.0 Å². The van der Waals surface area contributed by atoms with E-state index in [1.807, 2.05) is 105 Å². The Hall–Kier alpha value is -4.65. The van der Waals surface area contributed by atoms with Gasteiger partial charge < -0.3 is 19.9 Å². The highest BCUT2D eigenvalue weighted by molar-refractivity contribution is 6.25. The van der Waals surface area contributed by atoms with Crippen LogP contribution in [-0.4, -0.2) is 48.4 Å². The maximum Gasteiger partial charge on any atom is 0.258 e. The number of benzene rings is 4. The van der Waals surface area contributed by atoms with Gasteiger partial charge in [0.05, 0.1) is 12.8 Å². The van der Waals surface area contributed by atoms with Crippen LogP contribution < -0.4 is 15.0 Å². The smallest absolute Gasteiger partial charge is 0.258 e. The predicted molar refractivity (Wildman–Crippen MR) is 170 cm³/mol. The first-order chi connectivity index (χ1) is 20.9. The minimum atomic E-state index is -0.707. The van der Waals surface area contributed by atoms with Gasteiger partial charge in [0.2, 0.25) is 11.8 Å². The lowest BCUT2D eigenvalue weighted by Crippen LogP contribution is -2.52. The van der Waals surface area contributed by atoms with Crippen molar-refractivity contribution in [3.63, 3.8) is 0 Å². The summed E-state index contributed by atoms with van der Waals surface area (Å²) in [5, 5.41) is 5.10. The minimum Gasteiger partial charge on any atom is -0.497 e. The molecule has 1 heterocycles. The van der Waals surface area contributed by atoms with E-state index in [-0.39, 0.29) is 36.7 Å². The largest absolute Gasteiger partial charge is 0.497 e. The average Bonchev–Trinajstić information content (AvgIpc) is 3.31. The maximum atomic E-state index is 14.1. The van der Waals surface area contributed by atoms with Gasteiger partial charge in [-0.15, -0.1) is 0 Å². The normalized spacial score (nSPS) is 13.6. The van der Waals surface area contributed by atoms with E-state index < -0.39 is 6.04 Å². The highest BCUT2D eigenvalue weighted by Gasteiger charge is 2.32. The number of hydrogen-bond acceptors (Lipinski definition) is 4. The molecule has 0 saturated carbocycles. The van der Waals surface area contributed by atoms with Crippen LogP contribution in [0.1, 0.15) is 54.6 Å². The number of anilines is 1. The second-order valence-electron chi connectivity index (χ2n) is 11.1. The number of methoxy groups -OCH3 is 1. The molecule has 1 aliphatic heterocycles. The topological polar surface area (TPSA) is 79.0 Å². The van der Waals surface area contributed by atoms with Crippen LogP contribution >= 0.6 is 0 Å². The van der Waals surface area contributed by atoms with Crippen LogP contribution in [0.5, 0.6) is 5.75 Å². The lowest BCUT2D eigenvalue weighted by molar-refractivity contribution is -0.141. The van der Waals surface area contributed by atoms with Crippen molar-refractivity contribution in [2.24, 2.45) is 0 Å². The molecule has 0 unspecified atom stereocenters. The summed E-state index contributed by atoms with van der Waals surface area (Å²) in [5.41, 5.74) is 3.43. The fourth-order valence-corrected chi connectivity index (χ4v) is 5.70. The molecular weight excluding hydrogens is 538 g/mol. The number of carbonyl (C=O) groups excluding carboxylic acids is 3. The van der Waals surface area contributed by atoms with Crippen molar-refractivity contribution in [2.75, 3.05) is 18.6 Å². The van der Waals surface area contributed by atoms with Gasteiger partial charge in [0, 0.05) is 42.9 Å². The van der Waals surface area contributed by atoms with Crippen LogP contribution in [0.3, 0.4) is 0 Å². The Bertz CT molecular complexity index is 1600. The third kappa shape index (κ3) is 6.72. The second kappa shape index (κ2) is 13.6. The first-order valence-electron chi connectivity index (χ1n) is 15.0. The van der Waals surface area contributed by atoms with E-state index in [1.54, 1.807) is 16.9 Å². The van der Waals surface area contributed by atoms with E-state index in [0.717, 1.165) is 34.0 Å². The molecule has 1 aliphatic rings. The molecule has 0 saturated heterocycles. The molecule has 0 spiro atoms. The van der Waals surface area contributed by atoms with E-state index in [2.05, 4.69) is 5.32 Å². The quantitative estimate of drug-likeness (QED) is 0.207. The summed E-state index contributed by atoms with van der Waals surface area (Å²) in [7, 11) is 1.61.